The third-order valence-electron chi connectivity index (χ3n) is 2.54. The molecule has 2 aromatic rings. The van der Waals surface area contributed by atoms with Crippen LogP contribution in [-0.4, -0.2) is 19.0 Å². The van der Waals surface area contributed by atoms with Crippen LogP contribution in [0.25, 0.3) is 0 Å². The van der Waals surface area contributed by atoms with E-state index in [-0.39, 0.29) is 24.1 Å². The molecule has 2 rings (SSSR count). The van der Waals surface area contributed by atoms with Gasteiger partial charge in [-0.2, -0.15) is 0 Å². The fraction of sp³-hybridized carbons (Fsp3) is 0.231. The van der Waals surface area contributed by atoms with Crippen molar-refractivity contribution in [2.24, 2.45) is 0 Å². The maximum absolute atomic E-state index is 11.9. The van der Waals surface area contributed by atoms with E-state index < -0.39 is 6.04 Å². The summed E-state index contributed by atoms with van der Waals surface area (Å²) in [5.74, 6) is -0.517. The van der Waals surface area contributed by atoms with Crippen LogP contribution in [0, 0.1) is 0 Å². The highest BCUT2D eigenvalue weighted by molar-refractivity contribution is 7.10. The standard InChI is InChI=1S/C13H13NO4S/c1-17-12(15)8-9(11-5-3-7-19-11)14-13(16)10-4-2-6-18-10/h2-7,9H,8H2,1H3,(H,14,16)/t9-/m1/s1. The number of carbonyl (C=O) groups excluding carboxylic acids is 2. The summed E-state index contributed by atoms with van der Waals surface area (Å²) in [6.07, 6.45) is 1.51. The highest BCUT2D eigenvalue weighted by Crippen LogP contribution is 2.23. The molecular formula is C13H13NO4S. The van der Waals surface area contributed by atoms with Gasteiger partial charge in [0.05, 0.1) is 25.8 Å². The molecule has 0 aliphatic rings. The fourth-order valence-electron chi connectivity index (χ4n) is 1.60. The van der Waals surface area contributed by atoms with Gasteiger partial charge >= 0.3 is 5.97 Å². The van der Waals surface area contributed by atoms with E-state index in [0.717, 1.165) is 4.88 Å². The zero-order chi connectivity index (χ0) is 13.7. The van der Waals surface area contributed by atoms with E-state index in [1.807, 2.05) is 17.5 Å². The van der Waals surface area contributed by atoms with Crippen molar-refractivity contribution in [3.63, 3.8) is 0 Å². The van der Waals surface area contributed by atoms with Gasteiger partial charge in [-0.1, -0.05) is 6.07 Å². The number of esters is 1. The number of thiophene rings is 1. The summed E-state index contributed by atoms with van der Waals surface area (Å²) in [6, 6.07) is 6.52. The summed E-state index contributed by atoms with van der Waals surface area (Å²) >= 11 is 1.47. The van der Waals surface area contributed by atoms with Crippen molar-refractivity contribution < 1.29 is 18.7 Å². The number of hydrogen-bond acceptors (Lipinski definition) is 5. The Morgan fingerprint density at radius 1 is 1.42 bits per heavy atom. The van der Waals surface area contributed by atoms with E-state index in [9.17, 15) is 9.59 Å². The van der Waals surface area contributed by atoms with Crippen molar-refractivity contribution in [2.75, 3.05) is 7.11 Å². The first-order valence-corrected chi connectivity index (χ1v) is 6.53. The molecule has 1 amide bonds. The molecule has 2 heterocycles. The second kappa shape index (κ2) is 6.19. The molecule has 2 aromatic heterocycles. The molecule has 5 nitrogen and oxygen atoms in total. The lowest BCUT2D eigenvalue weighted by Crippen LogP contribution is -2.29. The SMILES string of the molecule is COC(=O)C[C@@H](NC(=O)c1ccco1)c1cccs1. The van der Waals surface area contributed by atoms with Crippen LogP contribution < -0.4 is 5.32 Å². The summed E-state index contributed by atoms with van der Waals surface area (Å²) in [7, 11) is 1.32. The lowest BCUT2D eigenvalue weighted by Gasteiger charge is -2.15. The number of furan rings is 1. The van der Waals surface area contributed by atoms with E-state index >= 15 is 0 Å². The predicted molar refractivity (Wildman–Crippen MR) is 69.9 cm³/mol. The van der Waals surface area contributed by atoms with Gasteiger partial charge in [-0.25, -0.2) is 0 Å². The number of ether oxygens (including phenoxy) is 1. The van der Waals surface area contributed by atoms with Gasteiger partial charge in [0.15, 0.2) is 5.76 Å². The highest BCUT2D eigenvalue weighted by Gasteiger charge is 2.21. The molecule has 0 unspecified atom stereocenters. The van der Waals surface area contributed by atoms with Gasteiger partial charge in [-0.3, -0.25) is 9.59 Å². The summed E-state index contributed by atoms with van der Waals surface area (Å²) in [5, 5.41) is 4.65. The van der Waals surface area contributed by atoms with Gasteiger partial charge in [0, 0.05) is 4.88 Å². The molecule has 0 radical (unpaired) electrons. The Morgan fingerprint density at radius 2 is 2.26 bits per heavy atom. The zero-order valence-electron chi connectivity index (χ0n) is 10.3. The molecular weight excluding hydrogens is 266 g/mol. The van der Waals surface area contributed by atoms with Crippen LogP contribution in [0.2, 0.25) is 0 Å². The molecule has 100 valence electrons. The second-order valence-corrected chi connectivity index (χ2v) is 4.78. The van der Waals surface area contributed by atoms with Crippen LogP contribution >= 0.6 is 11.3 Å². The largest absolute Gasteiger partial charge is 0.469 e. The Bertz CT molecular complexity index is 533. The summed E-state index contributed by atoms with van der Waals surface area (Å²) in [5.41, 5.74) is 0. The summed E-state index contributed by atoms with van der Waals surface area (Å²) in [4.78, 5) is 24.2. The predicted octanol–water partition coefficient (Wildman–Crippen LogP) is 2.38. The monoisotopic (exact) mass is 279 g/mol. The quantitative estimate of drug-likeness (QED) is 0.853. The molecule has 0 aromatic carbocycles. The van der Waals surface area contributed by atoms with E-state index in [4.69, 9.17) is 4.42 Å². The summed E-state index contributed by atoms with van der Waals surface area (Å²) in [6.45, 7) is 0. The lowest BCUT2D eigenvalue weighted by atomic mass is 10.1. The average molecular weight is 279 g/mol. The van der Waals surface area contributed by atoms with Crippen molar-refractivity contribution in [3.05, 3.63) is 46.5 Å². The molecule has 6 heteroatoms. The number of hydrogen-bond donors (Lipinski definition) is 1. The Kier molecular flexibility index (Phi) is 4.35. The van der Waals surface area contributed by atoms with Crippen LogP contribution in [0.3, 0.4) is 0 Å². The average Bonchev–Trinajstić information content (AvgIpc) is 3.10. The molecule has 0 spiro atoms. The highest BCUT2D eigenvalue weighted by atomic mass is 32.1. The van der Waals surface area contributed by atoms with Gasteiger partial charge in [0.2, 0.25) is 0 Å². The summed E-state index contributed by atoms with van der Waals surface area (Å²) < 4.78 is 9.66. The Morgan fingerprint density at radius 3 is 2.84 bits per heavy atom. The number of carbonyl (C=O) groups is 2. The first kappa shape index (κ1) is 13.4. The van der Waals surface area contributed by atoms with Crippen LogP contribution in [0.1, 0.15) is 27.9 Å². The Labute approximate surface area is 114 Å². The van der Waals surface area contributed by atoms with E-state index in [0.29, 0.717) is 0 Å². The zero-order valence-corrected chi connectivity index (χ0v) is 11.1. The lowest BCUT2D eigenvalue weighted by molar-refractivity contribution is -0.141. The molecule has 0 bridgehead atoms. The van der Waals surface area contributed by atoms with Gasteiger partial charge in [-0.15, -0.1) is 11.3 Å². The number of rotatable bonds is 5. The van der Waals surface area contributed by atoms with Crippen molar-refractivity contribution in [1.82, 2.24) is 5.32 Å². The Hall–Kier alpha value is -2.08. The minimum atomic E-state index is -0.412. The van der Waals surface area contributed by atoms with Gasteiger partial charge in [-0.05, 0) is 23.6 Å². The molecule has 0 saturated carbocycles. The number of amides is 1. The van der Waals surface area contributed by atoms with Crippen molar-refractivity contribution in [1.29, 1.82) is 0 Å². The van der Waals surface area contributed by atoms with Crippen LogP contribution in [0.4, 0.5) is 0 Å². The first-order chi connectivity index (χ1) is 9.20. The van der Waals surface area contributed by atoms with E-state index in [1.165, 1.54) is 24.7 Å². The molecule has 0 aliphatic carbocycles. The maximum Gasteiger partial charge on any atom is 0.307 e. The molecule has 0 aliphatic heterocycles. The molecule has 0 fully saturated rings. The van der Waals surface area contributed by atoms with Crippen LogP contribution in [0.15, 0.2) is 40.3 Å². The van der Waals surface area contributed by atoms with E-state index in [2.05, 4.69) is 10.1 Å². The third kappa shape index (κ3) is 3.45. The van der Waals surface area contributed by atoms with Crippen molar-refractivity contribution in [2.45, 2.75) is 12.5 Å². The van der Waals surface area contributed by atoms with Crippen molar-refractivity contribution >= 4 is 23.2 Å². The minimum absolute atomic E-state index is 0.0868. The number of methoxy groups -OCH3 is 1. The first-order valence-electron chi connectivity index (χ1n) is 5.65. The molecule has 1 atom stereocenters. The number of nitrogens with one attached hydrogen (secondary N) is 1. The molecule has 1 N–H and O–H groups in total. The Balaban J connectivity index is 2.10. The normalized spacial score (nSPS) is 11.8. The van der Waals surface area contributed by atoms with E-state index in [1.54, 1.807) is 12.1 Å². The molecule has 0 saturated heterocycles. The third-order valence-corrected chi connectivity index (χ3v) is 3.52. The topological polar surface area (TPSA) is 68.5 Å². The smallest absolute Gasteiger partial charge is 0.307 e. The van der Waals surface area contributed by atoms with Crippen molar-refractivity contribution in [3.8, 4) is 0 Å². The van der Waals surface area contributed by atoms with Crippen LogP contribution in [0.5, 0.6) is 0 Å². The van der Waals surface area contributed by atoms with Gasteiger partial charge in [0.1, 0.15) is 0 Å². The fourth-order valence-corrected chi connectivity index (χ4v) is 2.38. The van der Waals surface area contributed by atoms with Crippen LogP contribution in [-0.2, 0) is 9.53 Å². The maximum atomic E-state index is 11.9. The van der Waals surface area contributed by atoms with Gasteiger partial charge in [0.25, 0.3) is 5.91 Å². The van der Waals surface area contributed by atoms with Gasteiger partial charge < -0.3 is 14.5 Å². The minimum Gasteiger partial charge on any atom is -0.469 e. The molecule has 19 heavy (non-hydrogen) atoms. The second-order valence-electron chi connectivity index (χ2n) is 3.80.